The Kier molecular flexibility index (Phi) is 3.05. The van der Waals surface area contributed by atoms with Crippen LogP contribution in [0.15, 0.2) is 18.2 Å². The molecule has 1 atom stereocenters. The Bertz CT molecular complexity index is 418. The highest BCUT2D eigenvalue weighted by Crippen LogP contribution is 2.30. The number of nitrogens with zero attached hydrogens (tertiary/aromatic N) is 2. The Morgan fingerprint density at radius 2 is 2.12 bits per heavy atom. The fourth-order valence-corrected chi connectivity index (χ4v) is 2.15. The van der Waals surface area contributed by atoms with Crippen molar-refractivity contribution in [3.8, 4) is 0 Å². The zero-order chi connectivity index (χ0) is 11.7. The lowest BCUT2D eigenvalue weighted by Crippen LogP contribution is -2.37. The molecule has 0 bridgehead atoms. The predicted octanol–water partition coefficient (Wildman–Crippen LogP) is 1.21. The summed E-state index contributed by atoms with van der Waals surface area (Å²) >= 11 is 0. The highest BCUT2D eigenvalue weighted by Gasteiger charge is 2.17. The summed E-state index contributed by atoms with van der Waals surface area (Å²) in [4.78, 5) is 2.29. The first kappa shape index (κ1) is 11.3. The third kappa shape index (κ3) is 2.00. The van der Waals surface area contributed by atoms with Crippen LogP contribution in [0, 0.1) is 0 Å². The van der Waals surface area contributed by atoms with Gasteiger partial charge in [0, 0.05) is 32.1 Å². The van der Waals surface area contributed by atoms with Crippen molar-refractivity contribution < 1.29 is 4.21 Å². The molecular formula is C11H17N3OS. The van der Waals surface area contributed by atoms with Gasteiger partial charge in [-0.1, -0.05) is 0 Å². The molecule has 1 unspecified atom stereocenters. The molecule has 1 aromatic rings. The van der Waals surface area contributed by atoms with E-state index >= 15 is 0 Å². The van der Waals surface area contributed by atoms with Crippen molar-refractivity contribution in [1.29, 1.82) is 0 Å². The highest BCUT2D eigenvalue weighted by molar-refractivity contribution is 7.85. The van der Waals surface area contributed by atoms with E-state index in [1.54, 1.807) is 17.6 Å². The van der Waals surface area contributed by atoms with Crippen molar-refractivity contribution in [2.45, 2.75) is 6.42 Å². The number of nitrogen functional groups attached to an aromatic ring is 1. The average molecular weight is 239 g/mol. The van der Waals surface area contributed by atoms with Gasteiger partial charge in [-0.3, -0.25) is 4.31 Å². The molecule has 1 saturated heterocycles. The predicted molar refractivity (Wildman–Crippen MR) is 70.2 cm³/mol. The minimum absolute atomic E-state index is 0.668. The fraction of sp³-hybridized carbons (Fsp3) is 0.455. The molecule has 1 aliphatic rings. The first-order valence-electron chi connectivity index (χ1n) is 5.31. The van der Waals surface area contributed by atoms with Crippen LogP contribution < -0.4 is 14.9 Å². The van der Waals surface area contributed by atoms with Gasteiger partial charge >= 0.3 is 0 Å². The summed E-state index contributed by atoms with van der Waals surface area (Å²) in [6.45, 7) is 2.20. The van der Waals surface area contributed by atoms with Gasteiger partial charge in [0.15, 0.2) is 0 Å². The van der Waals surface area contributed by atoms with Crippen LogP contribution in [0.5, 0.6) is 0 Å². The van der Waals surface area contributed by atoms with Crippen LogP contribution in [-0.4, -0.2) is 30.6 Å². The largest absolute Gasteiger partial charge is 0.397 e. The lowest BCUT2D eigenvalue weighted by atomic mass is 10.1. The first-order valence-corrected chi connectivity index (χ1v) is 6.83. The number of hydrogen-bond acceptors (Lipinski definition) is 3. The van der Waals surface area contributed by atoms with Crippen LogP contribution in [0.2, 0.25) is 0 Å². The molecule has 5 heteroatoms. The topological polar surface area (TPSA) is 49.6 Å². The van der Waals surface area contributed by atoms with Crippen LogP contribution in [0.3, 0.4) is 0 Å². The molecule has 16 heavy (non-hydrogen) atoms. The molecule has 1 heterocycles. The van der Waals surface area contributed by atoms with Crippen molar-refractivity contribution in [1.82, 2.24) is 0 Å². The number of rotatable bonds is 3. The number of nitrogens with two attached hydrogens (primary N) is 1. The molecule has 0 aromatic heterocycles. The molecule has 4 nitrogen and oxygen atoms in total. The molecule has 1 aromatic carbocycles. The van der Waals surface area contributed by atoms with E-state index in [2.05, 4.69) is 4.90 Å². The van der Waals surface area contributed by atoms with E-state index in [1.807, 2.05) is 18.2 Å². The molecule has 1 fully saturated rings. The maximum absolute atomic E-state index is 11.4. The number of hydrogen-bond donors (Lipinski definition) is 1. The second kappa shape index (κ2) is 4.33. The zero-order valence-electron chi connectivity index (χ0n) is 9.64. The van der Waals surface area contributed by atoms with Gasteiger partial charge in [0.25, 0.3) is 0 Å². The van der Waals surface area contributed by atoms with Gasteiger partial charge in [-0.2, -0.15) is 0 Å². The van der Waals surface area contributed by atoms with Crippen molar-refractivity contribution in [3.05, 3.63) is 18.2 Å². The molecular weight excluding hydrogens is 222 g/mol. The van der Waals surface area contributed by atoms with Gasteiger partial charge in [0.2, 0.25) is 0 Å². The summed E-state index contributed by atoms with van der Waals surface area (Å²) in [6.07, 6.45) is 2.89. The van der Waals surface area contributed by atoms with Crippen molar-refractivity contribution >= 4 is 28.0 Å². The van der Waals surface area contributed by atoms with Crippen LogP contribution >= 0.6 is 0 Å². The lowest BCUT2D eigenvalue weighted by Gasteiger charge is -2.34. The van der Waals surface area contributed by atoms with Gasteiger partial charge in [0.1, 0.15) is 11.0 Å². The van der Waals surface area contributed by atoms with Crippen LogP contribution in [-0.2, 0) is 11.0 Å². The zero-order valence-corrected chi connectivity index (χ0v) is 10.5. The van der Waals surface area contributed by atoms with Crippen LogP contribution in [0.4, 0.5) is 17.1 Å². The molecule has 1 aliphatic heterocycles. The van der Waals surface area contributed by atoms with Gasteiger partial charge in [-0.15, -0.1) is 0 Å². The molecule has 0 aliphatic carbocycles. The monoisotopic (exact) mass is 239 g/mol. The average Bonchev–Trinajstić information content (AvgIpc) is 2.17. The van der Waals surface area contributed by atoms with Gasteiger partial charge in [0.05, 0.1) is 11.4 Å². The third-order valence-corrected chi connectivity index (χ3v) is 3.93. The molecule has 0 amide bonds. The summed E-state index contributed by atoms with van der Waals surface area (Å²) in [5.41, 5.74) is 8.56. The molecule has 2 rings (SSSR count). The number of benzene rings is 1. The van der Waals surface area contributed by atoms with E-state index in [9.17, 15) is 4.21 Å². The minimum atomic E-state index is -1.04. The normalized spacial score (nSPS) is 16.8. The standard InChI is InChI=1S/C11H17N3OS/c1-13(16(2)15)11-8-9(4-5-10(11)12)14-6-3-7-14/h4-5,8H,3,6-7,12H2,1-2H3. The summed E-state index contributed by atoms with van der Waals surface area (Å²) in [6, 6.07) is 5.91. The maximum atomic E-state index is 11.4. The van der Waals surface area contributed by atoms with Crippen molar-refractivity contribution in [2.75, 3.05) is 41.3 Å². The van der Waals surface area contributed by atoms with Crippen LogP contribution in [0.25, 0.3) is 0 Å². The molecule has 0 saturated carbocycles. The Hall–Kier alpha value is -1.23. The van der Waals surface area contributed by atoms with E-state index in [0.29, 0.717) is 5.69 Å². The lowest BCUT2D eigenvalue weighted by molar-refractivity contribution is 0.618. The molecule has 88 valence electrons. The fourth-order valence-electron chi connectivity index (χ4n) is 1.71. The molecule has 2 N–H and O–H groups in total. The smallest absolute Gasteiger partial charge is 0.116 e. The SMILES string of the molecule is CN(c1cc(N2CCC2)ccc1N)S(C)=O. The second-order valence-electron chi connectivity index (χ2n) is 4.00. The van der Waals surface area contributed by atoms with E-state index in [-0.39, 0.29) is 0 Å². The third-order valence-electron chi connectivity index (χ3n) is 2.96. The first-order chi connectivity index (χ1) is 7.59. The molecule has 0 spiro atoms. The van der Waals surface area contributed by atoms with E-state index in [4.69, 9.17) is 5.73 Å². The van der Waals surface area contributed by atoms with Gasteiger partial charge in [-0.05, 0) is 24.6 Å². The maximum Gasteiger partial charge on any atom is 0.116 e. The van der Waals surface area contributed by atoms with E-state index < -0.39 is 11.0 Å². The van der Waals surface area contributed by atoms with Crippen molar-refractivity contribution in [3.63, 3.8) is 0 Å². The van der Waals surface area contributed by atoms with E-state index in [1.165, 1.54) is 6.42 Å². The summed E-state index contributed by atoms with van der Waals surface area (Å²) in [5.74, 6) is 0. The Balaban J connectivity index is 2.31. The number of anilines is 3. The van der Waals surface area contributed by atoms with Crippen molar-refractivity contribution in [2.24, 2.45) is 0 Å². The summed E-state index contributed by atoms with van der Waals surface area (Å²) in [5, 5.41) is 0. The minimum Gasteiger partial charge on any atom is -0.397 e. The molecule has 0 radical (unpaired) electrons. The summed E-state index contributed by atoms with van der Waals surface area (Å²) in [7, 11) is 0.751. The Morgan fingerprint density at radius 1 is 1.44 bits per heavy atom. The quantitative estimate of drug-likeness (QED) is 0.807. The van der Waals surface area contributed by atoms with Gasteiger partial charge < -0.3 is 10.6 Å². The van der Waals surface area contributed by atoms with Gasteiger partial charge in [-0.25, -0.2) is 4.21 Å². The highest BCUT2D eigenvalue weighted by atomic mass is 32.2. The second-order valence-corrected chi connectivity index (χ2v) is 5.40. The van der Waals surface area contributed by atoms with Crippen LogP contribution in [0.1, 0.15) is 6.42 Å². The van der Waals surface area contributed by atoms with E-state index in [0.717, 1.165) is 24.5 Å². The summed E-state index contributed by atoms with van der Waals surface area (Å²) < 4.78 is 13.1. The Morgan fingerprint density at radius 3 is 2.62 bits per heavy atom. The Labute approximate surface area is 98.6 Å².